The monoisotopic (exact) mass is 269 g/mol. The summed E-state index contributed by atoms with van der Waals surface area (Å²) in [5, 5.41) is 0.326. The fourth-order valence-electron chi connectivity index (χ4n) is 1.86. The molecule has 18 heavy (non-hydrogen) atoms. The molecule has 0 amide bonds. The summed E-state index contributed by atoms with van der Waals surface area (Å²) < 4.78 is 37.5. The lowest BCUT2D eigenvalue weighted by Crippen LogP contribution is -2.08. The van der Waals surface area contributed by atoms with Gasteiger partial charge in [0.15, 0.2) is 5.78 Å². The minimum atomic E-state index is -3.52. The number of ketones is 1. The Morgan fingerprint density at radius 1 is 1.39 bits per heavy atom. The van der Waals surface area contributed by atoms with E-state index in [1.807, 2.05) is 0 Å². The van der Waals surface area contributed by atoms with Gasteiger partial charge in [0.05, 0.1) is 11.8 Å². The van der Waals surface area contributed by atoms with E-state index in [1.54, 1.807) is 6.92 Å². The van der Waals surface area contributed by atoms with Crippen LogP contribution in [0.15, 0.2) is 24.4 Å². The average molecular weight is 269 g/mol. The lowest BCUT2D eigenvalue weighted by atomic mass is 10.1. The molecule has 0 unspecified atom stereocenters. The van der Waals surface area contributed by atoms with Crippen LogP contribution in [0.4, 0.5) is 4.39 Å². The van der Waals surface area contributed by atoms with Gasteiger partial charge >= 0.3 is 0 Å². The Labute approximate surface area is 104 Å². The number of halogens is 1. The van der Waals surface area contributed by atoms with E-state index in [-0.39, 0.29) is 17.8 Å². The van der Waals surface area contributed by atoms with Gasteiger partial charge in [-0.05, 0) is 18.2 Å². The standard InChI is InChI=1S/C12H12FNO3S/c1-3-12(15)10-7-14(18(2,16)17)11-5-4-8(13)6-9(10)11/h4-7H,3H2,1-2H3. The molecule has 1 heterocycles. The van der Waals surface area contributed by atoms with E-state index >= 15 is 0 Å². The van der Waals surface area contributed by atoms with E-state index < -0.39 is 15.8 Å². The molecule has 2 rings (SSSR count). The van der Waals surface area contributed by atoms with Gasteiger partial charge in [0.25, 0.3) is 0 Å². The molecule has 0 aliphatic carbocycles. The molecule has 1 aromatic carbocycles. The van der Waals surface area contributed by atoms with Crippen molar-refractivity contribution in [2.75, 3.05) is 6.26 Å². The molecule has 0 spiro atoms. The normalized spacial score (nSPS) is 11.9. The largest absolute Gasteiger partial charge is 0.294 e. The van der Waals surface area contributed by atoms with E-state index in [9.17, 15) is 17.6 Å². The summed E-state index contributed by atoms with van der Waals surface area (Å²) in [6, 6.07) is 3.71. The van der Waals surface area contributed by atoms with Gasteiger partial charge in [-0.1, -0.05) is 6.92 Å². The van der Waals surface area contributed by atoms with Crippen molar-refractivity contribution >= 4 is 26.7 Å². The zero-order valence-corrected chi connectivity index (χ0v) is 10.8. The zero-order chi connectivity index (χ0) is 13.5. The number of Topliss-reactive ketones (excluding diaryl/α,β-unsaturated/α-hetero) is 1. The highest BCUT2D eigenvalue weighted by atomic mass is 32.2. The lowest BCUT2D eigenvalue weighted by molar-refractivity contribution is 0.0989. The predicted molar refractivity (Wildman–Crippen MR) is 66.8 cm³/mol. The van der Waals surface area contributed by atoms with Gasteiger partial charge in [-0.25, -0.2) is 16.8 Å². The molecule has 0 bridgehead atoms. The van der Waals surface area contributed by atoms with Crippen LogP contribution in [0.25, 0.3) is 10.9 Å². The first-order chi connectivity index (χ1) is 8.34. The smallest absolute Gasteiger partial charge is 0.236 e. The summed E-state index contributed by atoms with van der Waals surface area (Å²) in [5.74, 6) is -0.716. The Morgan fingerprint density at radius 3 is 2.61 bits per heavy atom. The lowest BCUT2D eigenvalue weighted by Gasteiger charge is -2.00. The first kappa shape index (κ1) is 12.8. The van der Waals surface area contributed by atoms with Gasteiger partial charge in [0.1, 0.15) is 5.82 Å². The van der Waals surface area contributed by atoms with Gasteiger partial charge in [-0.3, -0.25) is 4.79 Å². The Morgan fingerprint density at radius 2 is 2.06 bits per heavy atom. The zero-order valence-electron chi connectivity index (χ0n) is 9.97. The van der Waals surface area contributed by atoms with Crippen molar-refractivity contribution in [2.24, 2.45) is 0 Å². The molecule has 0 radical (unpaired) electrons. The van der Waals surface area contributed by atoms with Crippen LogP contribution >= 0.6 is 0 Å². The molecule has 2 aromatic rings. The second-order valence-corrected chi connectivity index (χ2v) is 5.90. The number of carbonyl (C=O) groups is 1. The summed E-state index contributed by atoms with van der Waals surface area (Å²) in [4.78, 5) is 11.7. The van der Waals surface area contributed by atoms with E-state index in [4.69, 9.17) is 0 Å². The first-order valence-electron chi connectivity index (χ1n) is 5.39. The fraction of sp³-hybridized carbons (Fsp3) is 0.250. The summed E-state index contributed by atoms with van der Waals surface area (Å²) in [7, 11) is -3.52. The van der Waals surface area contributed by atoms with Crippen molar-refractivity contribution in [3.8, 4) is 0 Å². The van der Waals surface area contributed by atoms with Crippen LogP contribution in [0, 0.1) is 5.82 Å². The molecule has 96 valence electrons. The number of nitrogens with zero attached hydrogens (tertiary/aromatic N) is 1. The summed E-state index contributed by atoms with van der Waals surface area (Å²) in [6.45, 7) is 1.67. The van der Waals surface area contributed by atoms with Gasteiger partial charge < -0.3 is 0 Å². The van der Waals surface area contributed by atoms with Crippen LogP contribution in [0.5, 0.6) is 0 Å². The van der Waals surface area contributed by atoms with Gasteiger partial charge in [-0.15, -0.1) is 0 Å². The third kappa shape index (κ3) is 2.03. The van der Waals surface area contributed by atoms with E-state index in [0.717, 1.165) is 10.2 Å². The topological polar surface area (TPSA) is 56.1 Å². The van der Waals surface area contributed by atoms with Crippen molar-refractivity contribution in [1.82, 2.24) is 3.97 Å². The van der Waals surface area contributed by atoms with Crippen molar-refractivity contribution < 1.29 is 17.6 Å². The first-order valence-corrected chi connectivity index (χ1v) is 7.23. The van der Waals surface area contributed by atoms with E-state index in [2.05, 4.69) is 0 Å². The Balaban J connectivity index is 2.88. The fourth-order valence-corrected chi connectivity index (χ4v) is 2.67. The van der Waals surface area contributed by atoms with Crippen LogP contribution in [-0.4, -0.2) is 24.4 Å². The maximum Gasteiger partial charge on any atom is 0.236 e. The molecular weight excluding hydrogens is 257 g/mol. The molecule has 6 heteroatoms. The highest BCUT2D eigenvalue weighted by molar-refractivity contribution is 7.89. The molecule has 0 fully saturated rings. The minimum Gasteiger partial charge on any atom is -0.294 e. The number of rotatable bonds is 3. The summed E-state index contributed by atoms with van der Waals surface area (Å²) in [6.07, 6.45) is 2.53. The van der Waals surface area contributed by atoms with E-state index in [0.29, 0.717) is 10.9 Å². The molecule has 0 N–H and O–H groups in total. The summed E-state index contributed by atoms with van der Waals surface area (Å²) in [5.41, 5.74) is 0.549. The molecular formula is C12H12FNO3S. The van der Waals surface area contributed by atoms with Crippen LogP contribution in [0.3, 0.4) is 0 Å². The average Bonchev–Trinajstić information content (AvgIpc) is 2.66. The summed E-state index contributed by atoms with van der Waals surface area (Å²) >= 11 is 0. The Kier molecular flexibility index (Phi) is 2.98. The second kappa shape index (κ2) is 4.20. The highest BCUT2D eigenvalue weighted by Crippen LogP contribution is 2.24. The minimum absolute atomic E-state index is 0.215. The predicted octanol–water partition coefficient (Wildman–Crippen LogP) is 2.18. The maximum absolute atomic E-state index is 13.2. The molecule has 1 aromatic heterocycles. The molecule has 0 aliphatic heterocycles. The quantitative estimate of drug-likeness (QED) is 0.802. The number of fused-ring (bicyclic) bond motifs is 1. The number of benzene rings is 1. The molecule has 0 aliphatic rings. The molecule has 4 nitrogen and oxygen atoms in total. The van der Waals surface area contributed by atoms with E-state index in [1.165, 1.54) is 24.4 Å². The van der Waals surface area contributed by atoms with Crippen LogP contribution in [0.2, 0.25) is 0 Å². The number of hydrogen-bond donors (Lipinski definition) is 0. The molecule has 0 saturated heterocycles. The highest BCUT2D eigenvalue weighted by Gasteiger charge is 2.18. The number of aromatic nitrogens is 1. The van der Waals surface area contributed by atoms with Crippen LogP contribution in [0.1, 0.15) is 23.7 Å². The number of carbonyl (C=O) groups excluding carboxylic acids is 1. The van der Waals surface area contributed by atoms with Crippen molar-refractivity contribution in [1.29, 1.82) is 0 Å². The Hall–Kier alpha value is -1.69. The van der Waals surface area contributed by atoms with Crippen molar-refractivity contribution in [3.63, 3.8) is 0 Å². The third-order valence-electron chi connectivity index (χ3n) is 2.71. The number of hydrogen-bond acceptors (Lipinski definition) is 3. The van der Waals surface area contributed by atoms with Gasteiger partial charge in [0.2, 0.25) is 10.0 Å². The van der Waals surface area contributed by atoms with Crippen LogP contribution < -0.4 is 0 Å². The van der Waals surface area contributed by atoms with Gasteiger partial charge in [-0.2, -0.15) is 0 Å². The molecule has 0 atom stereocenters. The van der Waals surface area contributed by atoms with Crippen molar-refractivity contribution in [3.05, 3.63) is 35.8 Å². The SMILES string of the molecule is CCC(=O)c1cn(S(C)(=O)=O)c2ccc(F)cc12. The van der Waals surface area contributed by atoms with Crippen LogP contribution in [-0.2, 0) is 10.0 Å². The second-order valence-electron chi connectivity index (χ2n) is 4.04. The maximum atomic E-state index is 13.2. The Bertz CT molecular complexity index is 731. The molecule has 0 saturated carbocycles. The van der Waals surface area contributed by atoms with Gasteiger partial charge in [0, 0.05) is 23.6 Å². The van der Waals surface area contributed by atoms with Crippen molar-refractivity contribution in [2.45, 2.75) is 13.3 Å². The third-order valence-corrected chi connectivity index (χ3v) is 3.73.